The molecule has 61 heavy (non-hydrogen) atoms. The number of fused-ring (bicyclic) bond motifs is 16. The van der Waals surface area contributed by atoms with Gasteiger partial charge >= 0.3 is 0 Å². The molecule has 9 aromatic carbocycles. The summed E-state index contributed by atoms with van der Waals surface area (Å²) in [6.07, 6.45) is 0. The third kappa shape index (κ3) is 4.39. The highest BCUT2D eigenvalue weighted by Crippen LogP contribution is 2.51. The van der Waals surface area contributed by atoms with Crippen LogP contribution in [0.15, 0.2) is 200 Å². The molecule has 5 nitrogen and oxygen atoms in total. The number of hydrogen-bond acceptors (Lipinski definition) is 2. The van der Waals surface area contributed by atoms with Crippen LogP contribution >= 0.6 is 0 Å². The van der Waals surface area contributed by atoms with Gasteiger partial charge in [-0.25, -0.2) is 9.97 Å². The van der Waals surface area contributed by atoms with Gasteiger partial charge in [0, 0.05) is 60.1 Å². The first-order chi connectivity index (χ1) is 30.3. The van der Waals surface area contributed by atoms with Crippen LogP contribution in [0.1, 0.15) is 0 Å². The largest absolute Gasteiger partial charge is 0.309 e. The van der Waals surface area contributed by atoms with E-state index in [1.165, 1.54) is 76.8 Å². The summed E-state index contributed by atoms with van der Waals surface area (Å²) in [6, 6.07) is 72.3. The topological polar surface area (TPSA) is 40.6 Å². The number of para-hydroxylation sites is 6. The van der Waals surface area contributed by atoms with Gasteiger partial charge in [0.1, 0.15) is 0 Å². The Balaban J connectivity index is 1.11. The van der Waals surface area contributed by atoms with Crippen molar-refractivity contribution in [2.24, 2.45) is 0 Å². The molecule has 14 rings (SSSR count). The number of rotatable bonds is 3. The van der Waals surface area contributed by atoms with Gasteiger partial charge in [-0.05, 0) is 65.7 Å². The van der Waals surface area contributed by atoms with E-state index < -0.39 is 0 Å². The van der Waals surface area contributed by atoms with Gasteiger partial charge < -0.3 is 9.13 Å². The zero-order valence-corrected chi connectivity index (χ0v) is 32.8. The van der Waals surface area contributed by atoms with Gasteiger partial charge in [-0.2, -0.15) is 0 Å². The van der Waals surface area contributed by atoms with Crippen LogP contribution in [-0.2, 0) is 0 Å². The fourth-order valence-corrected chi connectivity index (χ4v) is 10.5. The summed E-state index contributed by atoms with van der Waals surface area (Å²) >= 11 is 0. The van der Waals surface area contributed by atoms with Crippen molar-refractivity contribution in [1.29, 1.82) is 0 Å². The fourth-order valence-electron chi connectivity index (χ4n) is 10.5. The van der Waals surface area contributed by atoms with E-state index in [4.69, 9.17) is 9.97 Å². The molecule has 5 heteroatoms. The molecule has 0 aliphatic carbocycles. The molecule has 0 radical (unpaired) electrons. The van der Waals surface area contributed by atoms with Crippen LogP contribution in [0.4, 0.5) is 0 Å². The molecule has 0 saturated heterocycles. The molecule has 4 aromatic heterocycles. The van der Waals surface area contributed by atoms with E-state index in [2.05, 4.69) is 214 Å². The molecule has 1 aliphatic heterocycles. The summed E-state index contributed by atoms with van der Waals surface area (Å²) in [6.45, 7) is 0. The third-order valence-electron chi connectivity index (χ3n) is 13.0. The third-order valence-corrected chi connectivity index (χ3v) is 13.0. The molecule has 0 unspecified atom stereocenters. The van der Waals surface area contributed by atoms with E-state index in [9.17, 15) is 0 Å². The van der Waals surface area contributed by atoms with E-state index in [-0.39, 0.29) is 0 Å². The first-order valence-corrected chi connectivity index (χ1v) is 20.8. The maximum atomic E-state index is 5.63. The van der Waals surface area contributed by atoms with Crippen LogP contribution in [0.2, 0.25) is 0 Å². The highest BCUT2D eigenvalue weighted by Gasteiger charge is 2.29. The minimum Gasteiger partial charge on any atom is -0.309 e. The number of aromatic nitrogens is 5. The van der Waals surface area contributed by atoms with Crippen molar-refractivity contribution >= 4 is 76.3 Å². The lowest BCUT2D eigenvalue weighted by molar-refractivity contribution is 1.01. The monoisotopic (exact) mass is 775 g/mol. The van der Waals surface area contributed by atoms with Gasteiger partial charge in [0.05, 0.1) is 50.0 Å². The van der Waals surface area contributed by atoms with Gasteiger partial charge in [0.15, 0.2) is 0 Å². The molecule has 1 aliphatic rings. The Hall–Kier alpha value is -8.28. The van der Waals surface area contributed by atoms with Crippen LogP contribution < -0.4 is 0 Å². The number of hydrogen-bond donors (Lipinski definition) is 0. The predicted octanol–water partition coefficient (Wildman–Crippen LogP) is 14.2. The maximum Gasteiger partial charge on any atom is 0.235 e. The summed E-state index contributed by atoms with van der Waals surface area (Å²) in [4.78, 5) is 11.0. The Kier molecular flexibility index (Phi) is 6.49. The summed E-state index contributed by atoms with van der Waals surface area (Å²) < 4.78 is 7.18. The molecule has 0 atom stereocenters. The minimum absolute atomic E-state index is 0.643. The van der Waals surface area contributed by atoms with Gasteiger partial charge in [0.25, 0.3) is 0 Å². The second kappa shape index (κ2) is 12.1. The van der Waals surface area contributed by atoms with E-state index in [0.29, 0.717) is 5.95 Å². The van der Waals surface area contributed by atoms with Crippen molar-refractivity contribution in [3.8, 4) is 50.8 Å². The molecule has 0 bridgehead atoms. The molecular formula is C56H33N5. The Morgan fingerprint density at radius 1 is 0.344 bits per heavy atom. The number of nitrogens with zero attached hydrogens (tertiary/aromatic N) is 5. The Morgan fingerprint density at radius 2 is 0.934 bits per heavy atom. The summed E-state index contributed by atoms with van der Waals surface area (Å²) in [5, 5.41) is 8.22. The van der Waals surface area contributed by atoms with Crippen LogP contribution in [0.3, 0.4) is 0 Å². The van der Waals surface area contributed by atoms with Crippen LogP contribution in [0.25, 0.3) is 127 Å². The first kappa shape index (κ1) is 32.7. The molecule has 282 valence electrons. The first-order valence-electron chi connectivity index (χ1n) is 20.8. The molecule has 0 fully saturated rings. The second-order valence-electron chi connectivity index (χ2n) is 16.1. The lowest BCUT2D eigenvalue weighted by atomic mass is 9.91. The normalized spacial score (nSPS) is 12.3. The van der Waals surface area contributed by atoms with Crippen molar-refractivity contribution in [1.82, 2.24) is 23.7 Å². The smallest absolute Gasteiger partial charge is 0.235 e. The SMILES string of the molecule is c1ccc(-n2c3ccccc3c3ccc(-c4nc(-n5c6ccccc6c6c7c8c(cc65)c5ccccc5n8-c5ccccc5-c5ccccc5-7)nc5ccccc45)cc32)cc1. The van der Waals surface area contributed by atoms with Crippen molar-refractivity contribution in [3.05, 3.63) is 200 Å². The zero-order chi connectivity index (χ0) is 39.8. The van der Waals surface area contributed by atoms with E-state index in [0.717, 1.165) is 44.4 Å². The van der Waals surface area contributed by atoms with Crippen molar-refractivity contribution < 1.29 is 0 Å². The summed E-state index contributed by atoms with van der Waals surface area (Å²) in [5.41, 5.74) is 16.9. The zero-order valence-electron chi connectivity index (χ0n) is 32.8. The standard InChI is InChI=1S/C56H33N5/c1-2-16-35(17-3-1)59-46-26-12-8-20-38(46)40-31-30-34(32-50(40)59)54-42-23-6-11-25-45(42)57-56(58-54)61-49-29-15-10-24-43(49)52-51(61)33-44-39-21-9-14-28-48(39)60-47-27-13-7-19-37(47)36-18-4-5-22-41(36)53(52)55(44)60/h1-33H. The summed E-state index contributed by atoms with van der Waals surface area (Å²) in [7, 11) is 0. The van der Waals surface area contributed by atoms with Gasteiger partial charge in [-0.1, -0.05) is 146 Å². The molecule has 0 saturated carbocycles. The molecule has 0 amide bonds. The van der Waals surface area contributed by atoms with Crippen molar-refractivity contribution in [2.75, 3.05) is 0 Å². The lowest BCUT2D eigenvalue weighted by Crippen LogP contribution is -2.03. The van der Waals surface area contributed by atoms with E-state index in [1.807, 2.05) is 0 Å². The predicted molar refractivity (Wildman–Crippen MR) is 252 cm³/mol. The Bertz CT molecular complexity index is 4000. The van der Waals surface area contributed by atoms with E-state index in [1.54, 1.807) is 0 Å². The van der Waals surface area contributed by atoms with Crippen LogP contribution in [0, 0.1) is 0 Å². The molecular weight excluding hydrogens is 743 g/mol. The average molecular weight is 776 g/mol. The van der Waals surface area contributed by atoms with Crippen LogP contribution in [-0.4, -0.2) is 23.7 Å². The van der Waals surface area contributed by atoms with Gasteiger partial charge in [0.2, 0.25) is 5.95 Å². The second-order valence-corrected chi connectivity index (χ2v) is 16.1. The average Bonchev–Trinajstić information content (AvgIpc) is 3.93. The molecule has 0 N–H and O–H groups in total. The molecule has 0 spiro atoms. The maximum absolute atomic E-state index is 5.63. The summed E-state index contributed by atoms with van der Waals surface area (Å²) in [5.74, 6) is 0.643. The van der Waals surface area contributed by atoms with E-state index >= 15 is 0 Å². The van der Waals surface area contributed by atoms with Gasteiger partial charge in [-0.15, -0.1) is 0 Å². The van der Waals surface area contributed by atoms with Crippen LogP contribution in [0.5, 0.6) is 0 Å². The quantitative estimate of drug-likeness (QED) is 0.179. The number of benzene rings is 9. The van der Waals surface area contributed by atoms with Gasteiger partial charge in [-0.3, -0.25) is 4.57 Å². The van der Waals surface area contributed by atoms with Crippen molar-refractivity contribution in [2.45, 2.75) is 0 Å². The highest BCUT2D eigenvalue weighted by atomic mass is 15.2. The van der Waals surface area contributed by atoms with Crippen molar-refractivity contribution in [3.63, 3.8) is 0 Å². The molecule has 13 aromatic rings. The highest BCUT2D eigenvalue weighted by molar-refractivity contribution is 6.28. The lowest BCUT2D eigenvalue weighted by Gasteiger charge is -2.14. The Labute approximate surface area is 349 Å². The Morgan fingerprint density at radius 3 is 1.74 bits per heavy atom. The fraction of sp³-hybridized carbons (Fsp3) is 0. The minimum atomic E-state index is 0.643. The molecule has 5 heterocycles.